The fraction of sp³-hybridized carbons (Fsp3) is 0.889. The molecule has 1 unspecified atom stereocenters. The monoisotopic (exact) mass is 222 g/mol. The normalized spacial score (nSPS) is 12.4. The molecule has 0 spiro atoms. The summed E-state index contributed by atoms with van der Waals surface area (Å²) >= 11 is 0. The fourth-order valence-corrected chi connectivity index (χ4v) is 1.54. The van der Waals surface area contributed by atoms with Gasteiger partial charge in [0.15, 0.2) is 0 Å². The van der Waals surface area contributed by atoms with Crippen molar-refractivity contribution in [1.29, 1.82) is 0 Å². The van der Waals surface area contributed by atoms with Crippen LogP contribution in [-0.4, -0.2) is 18.9 Å². The van der Waals surface area contributed by atoms with Crippen molar-refractivity contribution in [1.82, 2.24) is 0 Å². The maximum atomic E-state index is 11.0. The van der Waals surface area contributed by atoms with Crippen molar-refractivity contribution in [3.63, 3.8) is 0 Å². The van der Waals surface area contributed by atoms with Crippen molar-refractivity contribution in [2.45, 2.75) is 39.5 Å². The third-order valence-corrected chi connectivity index (χ3v) is 2.70. The Labute approximate surface area is 85.8 Å². The summed E-state index contributed by atoms with van der Waals surface area (Å²) in [5, 5.41) is 0. The number of hydrogen-bond donors (Lipinski definition) is 0. The van der Waals surface area contributed by atoms with Gasteiger partial charge in [-0.15, -0.1) is 0 Å². The van der Waals surface area contributed by atoms with Crippen LogP contribution in [0, 0.1) is 0 Å². The smallest absolute Gasteiger partial charge is 0.388 e. The van der Waals surface area contributed by atoms with E-state index in [1.165, 1.54) is 0 Å². The van der Waals surface area contributed by atoms with Crippen LogP contribution in [-0.2, 0) is 13.8 Å². The van der Waals surface area contributed by atoms with Crippen molar-refractivity contribution in [2.75, 3.05) is 13.2 Å². The van der Waals surface area contributed by atoms with E-state index in [9.17, 15) is 9.36 Å². The SMILES string of the molecule is CCCCCCOC(=O)[PH](=O)OCC. The Morgan fingerprint density at radius 1 is 1.21 bits per heavy atom. The Balaban J connectivity index is 3.39. The van der Waals surface area contributed by atoms with E-state index in [1.807, 2.05) is 0 Å². The Morgan fingerprint density at radius 2 is 1.93 bits per heavy atom. The lowest BCUT2D eigenvalue weighted by molar-refractivity contribution is 0.165. The maximum absolute atomic E-state index is 11.0. The van der Waals surface area contributed by atoms with Gasteiger partial charge in [-0.1, -0.05) is 26.2 Å². The molecule has 0 N–H and O–H groups in total. The van der Waals surface area contributed by atoms with Crippen LogP contribution in [0.25, 0.3) is 0 Å². The number of carbonyl (C=O) groups excluding carboxylic acids is 1. The van der Waals surface area contributed by atoms with Gasteiger partial charge in [-0.25, -0.2) is 4.79 Å². The summed E-state index contributed by atoms with van der Waals surface area (Å²) < 4.78 is 20.4. The molecule has 0 aliphatic rings. The number of hydrogen-bond acceptors (Lipinski definition) is 4. The Hall–Kier alpha value is -0.340. The first-order valence-electron chi connectivity index (χ1n) is 5.06. The van der Waals surface area contributed by atoms with Crippen LogP contribution >= 0.6 is 8.03 Å². The first-order chi connectivity index (χ1) is 6.72. The van der Waals surface area contributed by atoms with Crippen molar-refractivity contribution < 1.29 is 18.6 Å². The van der Waals surface area contributed by atoms with Crippen LogP contribution in [0.1, 0.15) is 39.5 Å². The third-order valence-electron chi connectivity index (χ3n) is 1.67. The van der Waals surface area contributed by atoms with E-state index in [4.69, 9.17) is 4.74 Å². The second-order valence-corrected chi connectivity index (χ2v) is 4.19. The topological polar surface area (TPSA) is 52.6 Å². The molecule has 1 atom stereocenters. The molecule has 0 radical (unpaired) electrons. The molecule has 0 aromatic carbocycles. The summed E-state index contributed by atoms with van der Waals surface area (Å²) in [5.41, 5.74) is -0.701. The Morgan fingerprint density at radius 3 is 2.50 bits per heavy atom. The lowest BCUT2D eigenvalue weighted by Gasteiger charge is -2.03. The molecule has 0 saturated carbocycles. The van der Waals surface area contributed by atoms with E-state index < -0.39 is 13.7 Å². The number of rotatable bonds is 8. The van der Waals surface area contributed by atoms with Crippen LogP contribution in [0.2, 0.25) is 0 Å². The van der Waals surface area contributed by atoms with E-state index >= 15 is 0 Å². The van der Waals surface area contributed by atoms with Crippen molar-refractivity contribution in [3.05, 3.63) is 0 Å². The average molecular weight is 222 g/mol. The van der Waals surface area contributed by atoms with E-state index in [-0.39, 0.29) is 6.61 Å². The summed E-state index contributed by atoms with van der Waals surface area (Å²) in [5.74, 6) is 0. The summed E-state index contributed by atoms with van der Waals surface area (Å²) in [4.78, 5) is 11.0. The molecule has 0 aromatic rings. The van der Waals surface area contributed by atoms with Gasteiger partial charge in [0, 0.05) is 0 Å². The quantitative estimate of drug-likeness (QED) is 0.467. The molecule has 0 saturated heterocycles. The number of carbonyl (C=O) groups is 1. The highest BCUT2D eigenvalue weighted by Gasteiger charge is 2.11. The van der Waals surface area contributed by atoms with E-state index in [0.717, 1.165) is 25.7 Å². The molecular weight excluding hydrogens is 203 g/mol. The van der Waals surface area contributed by atoms with Crippen molar-refractivity contribution >= 4 is 13.7 Å². The highest BCUT2D eigenvalue weighted by atomic mass is 31.1. The molecule has 0 aromatic heterocycles. The fourth-order valence-electron chi connectivity index (χ4n) is 0.943. The Kier molecular flexibility index (Phi) is 9.00. The molecule has 0 amide bonds. The largest absolute Gasteiger partial charge is 0.459 e. The summed E-state index contributed by atoms with van der Waals surface area (Å²) in [6.07, 6.45) is 4.15. The van der Waals surface area contributed by atoms with Gasteiger partial charge >= 0.3 is 5.71 Å². The van der Waals surface area contributed by atoms with Gasteiger partial charge in [0.05, 0.1) is 13.2 Å². The van der Waals surface area contributed by atoms with E-state index in [1.54, 1.807) is 6.92 Å². The molecular formula is C9H19O4P. The summed E-state index contributed by atoms with van der Waals surface area (Å²) in [6, 6.07) is 0. The Bertz CT molecular complexity index is 182. The van der Waals surface area contributed by atoms with Gasteiger partial charge in [0.25, 0.3) is 8.03 Å². The second-order valence-electron chi connectivity index (χ2n) is 2.92. The predicted octanol–water partition coefficient (Wildman–Crippen LogP) is 3.21. The van der Waals surface area contributed by atoms with Gasteiger partial charge in [0.1, 0.15) is 0 Å². The molecule has 4 nitrogen and oxygen atoms in total. The van der Waals surface area contributed by atoms with E-state index in [2.05, 4.69) is 11.4 Å². The molecule has 5 heteroatoms. The van der Waals surface area contributed by atoms with Crippen molar-refractivity contribution in [2.24, 2.45) is 0 Å². The highest BCUT2D eigenvalue weighted by Crippen LogP contribution is 2.24. The minimum absolute atomic E-state index is 0.280. The molecule has 0 bridgehead atoms. The molecule has 14 heavy (non-hydrogen) atoms. The van der Waals surface area contributed by atoms with Gasteiger partial charge in [-0.3, -0.25) is 4.57 Å². The van der Waals surface area contributed by atoms with Gasteiger partial charge in [-0.05, 0) is 13.3 Å². The summed E-state index contributed by atoms with van der Waals surface area (Å²) in [6.45, 7) is 4.43. The van der Waals surface area contributed by atoms with Gasteiger partial charge in [0.2, 0.25) is 0 Å². The minimum atomic E-state index is -2.62. The lowest BCUT2D eigenvalue weighted by atomic mass is 10.2. The molecule has 0 aliphatic carbocycles. The van der Waals surface area contributed by atoms with Crippen molar-refractivity contribution in [3.8, 4) is 0 Å². The first-order valence-corrected chi connectivity index (χ1v) is 6.37. The highest BCUT2D eigenvalue weighted by molar-refractivity contribution is 7.58. The maximum Gasteiger partial charge on any atom is 0.388 e. The van der Waals surface area contributed by atoms with Crippen LogP contribution in [0.3, 0.4) is 0 Å². The molecule has 0 fully saturated rings. The van der Waals surface area contributed by atoms with Crippen LogP contribution in [0.4, 0.5) is 4.79 Å². The molecule has 0 aliphatic heterocycles. The van der Waals surface area contributed by atoms with E-state index in [0.29, 0.717) is 6.61 Å². The second kappa shape index (κ2) is 9.22. The first kappa shape index (κ1) is 13.7. The van der Waals surface area contributed by atoms with Crippen LogP contribution in [0.15, 0.2) is 0 Å². The third kappa shape index (κ3) is 7.10. The van der Waals surface area contributed by atoms with Gasteiger partial charge in [-0.2, -0.15) is 0 Å². The zero-order chi connectivity index (χ0) is 10.8. The number of unbranched alkanes of at least 4 members (excludes halogenated alkanes) is 3. The van der Waals surface area contributed by atoms with Crippen LogP contribution < -0.4 is 0 Å². The van der Waals surface area contributed by atoms with Gasteiger partial charge < -0.3 is 9.26 Å². The minimum Gasteiger partial charge on any atom is -0.459 e. The molecule has 0 rings (SSSR count). The predicted molar refractivity (Wildman–Crippen MR) is 56.1 cm³/mol. The zero-order valence-corrected chi connectivity index (χ0v) is 9.88. The number of ether oxygens (including phenoxy) is 1. The zero-order valence-electron chi connectivity index (χ0n) is 8.88. The summed E-state index contributed by atoms with van der Waals surface area (Å²) in [7, 11) is -2.62. The molecule has 0 heterocycles. The lowest BCUT2D eigenvalue weighted by Crippen LogP contribution is -2.00. The average Bonchev–Trinajstić information content (AvgIpc) is 2.17. The van der Waals surface area contributed by atoms with Crippen LogP contribution in [0.5, 0.6) is 0 Å². The molecule has 84 valence electrons. The standard InChI is InChI=1S/C9H19O4P/c1-3-5-6-7-8-12-9(10)14(11)13-4-2/h14H,3-8H2,1-2H3.